The smallest absolute Gasteiger partial charge is 0.335 e. The van der Waals surface area contributed by atoms with Crippen LogP contribution in [-0.2, 0) is 85.6 Å². The van der Waals surface area contributed by atoms with Crippen LogP contribution in [0.15, 0.2) is 0 Å². The molecule has 37 heteroatoms. The molecular formula is C39H56O37. The van der Waals surface area contributed by atoms with E-state index in [1.165, 1.54) is 0 Å². The molecule has 6 saturated heterocycles. The lowest BCUT2D eigenvalue weighted by Gasteiger charge is -2.48. The minimum atomic E-state index is -2.63. The summed E-state index contributed by atoms with van der Waals surface area (Å²) in [6.07, 6.45) is -72.0. The van der Waals surface area contributed by atoms with Gasteiger partial charge in [-0.15, -0.1) is 0 Å². The summed E-state index contributed by atoms with van der Waals surface area (Å²) in [7, 11) is 0. The fourth-order valence-electron chi connectivity index (χ4n) is 8.70. The first kappa shape index (κ1) is 61.0. The van der Waals surface area contributed by atoms with Crippen molar-refractivity contribution in [3.8, 4) is 0 Å². The summed E-state index contributed by atoms with van der Waals surface area (Å²) in [6, 6.07) is 0. The molecule has 37 nitrogen and oxygen atoms in total. The van der Waals surface area contributed by atoms with Crippen molar-refractivity contribution in [2.45, 2.75) is 198 Å². The molecule has 0 radical (unpaired) electrons. The van der Waals surface area contributed by atoms with Gasteiger partial charge in [-0.3, -0.25) is 0 Å². The maximum absolute atomic E-state index is 12.5. The molecule has 6 fully saturated rings. The third kappa shape index (κ3) is 12.3. The van der Waals surface area contributed by atoms with E-state index in [1.807, 2.05) is 0 Å². The first-order chi connectivity index (χ1) is 35.5. The van der Waals surface area contributed by atoms with Crippen molar-refractivity contribution in [1.29, 1.82) is 0 Å². The Balaban J connectivity index is 1.13. The van der Waals surface area contributed by atoms with Crippen molar-refractivity contribution in [2.75, 3.05) is 6.61 Å². The van der Waals surface area contributed by atoms with E-state index >= 15 is 0 Å². The summed E-state index contributed by atoms with van der Waals surface area (Å²) in [5, 5.41) is 199. The summed E-state index contributed by atoms with van der Waals surface area (Å²) >= 11 is 0. The maximum atomic E-state index is 12.5. The first-order valence-corrected chi connectivity index (χ1v) is 22.6. The third-order valence-electron chi connectivity index (χ3n) is 12.7. The lowest BCUT2D eigenvalue weighted by Crippen LogP contribution is -2.69. The van der Waals surface area contributed by atoms with E-state index in [4.69, 9.17) is 56.8 Å². The topological polar surface area (TPSA) is 598 Å². The number of aliphatic hydroxyl groups excluding tert-OH is 13. The lowest BCUT2D eigenvalue weighted by atomic mass is 9.95. The van der Waals surface area contributed by atoms with Crippen LogP contribution in [0.25, 0.3) is 0 Å². The summed E-state index contributed by atoms with van der Waals surface area (Å²) in [4.78, 5) is 73.4. The standard InChI is InChI=1S/C39H56O37/c1-2-3-65-34-12(48)6(42)17(23(72-34)29(55)56)67-36-14(50)8(44)19(25(74-36)31(59)60)69-38-16(52)10(46)21(27(76-38)33(63)64)70-39-15(51)9(45)20(26(75-39)32(61)62)68-37-13(49)7(43)18(24(73-37)30(57)58)66-35-11(47)4(40)5(41)22(71-35)28(53)54/h4-27,34-52H,2-3H2,1H3,(H,53,54)(H,55,56)(H,57,58)(H,59,60)(H,61,62)(H,63,64)/t4-,5-,6+,7+,8+,9+,10+,11-,12-,13-,14-,15-,16-,17-,18-,19-,20-,21-,22-,23-,24-,25-,26-,27-,34+,35+,36+,37+,38+,39+/m0/s1. The van der Waals surface area contributed by atoms with Crippen molar-refractivity contribution >= 4 is 35.8 Å². The number of hydrogen-bond donors (Lipinski definition) is 19. The van der Waals surface area contributed by atoms with Crippen molar-refractivity contribution in [1.82, 2.24) is 0 Å². The van der Waals surface area contributed by atoms with Crippen LogP contribution in [0.1, 0.15) is 13.3 Å². The number of carboxylic acids is 6. The number of aliphatic carboxylic acids is 6. The summed E-state index contributed by atoms with van der Waals surface area (Å²) in [5.74, 6) is -12.0. The van der Waals surface area contributed by atoms with Gasteiger partial charge in [0, 0.05) is 6.61 Å². The van der Waals surface area contributed by atoms with Gasteiger partial charge in [0.05, 0.1) is 0 Å². The van der Waals surface area contributed by atoms with E-state index in [0.717, 1.165) is 0 Å². The van der Waals surface area contributed by atoms with Crippen LogP contribution >= 0.6 is 0 Å². The van der Waals surface area contributed by atoms with Crippen LogP contribution in [0.3, 0.4) is 0 Å². The fourth-order valence-corrected chi connectivity index (χ4v) is 8.70. The molecule has 0 spiro atoms. The highest BCUT2D eigenvalue weighted by Gasteiger charge is 2.61. The molecular weight excluding hydrogens is 1060 g/mol. The van der Waals surface area contributed by atoms with Gasteiger partial charge < -0.3 is 154 Å². The van der Waals surface area contributed by atoms with E-state index in [2.05, 4.69) is 0 Å². The SMILES string of the molecule is CCCO[C@@H]1O[C@H](C(=O)O)[C@@H](O[C@@H]2O[C@H](C(=O)O)[C@@H](O[C@@H]3O[C@H](C(=O)O)[C@@H](O[C@@H]4O[C@H](C(=O)O)[C@@H](O[C@@H]5O[C@H](C(=O)O)[C@@H](O[C@@H]6O[C@H](C(=O)O)[C@@H](O)[C@H](O)[C@@H]6O)[C@H](O)[C@@H]5O)[C@H](O)[C@@H]4O)[C@H](O)[C@@H]3O)[C@H](O)[C@@H]2O)[C@H](O)[C@@H]1O. The van der Waals surface area contributed by atoms with Crippen LogP contribution in [0, 0.1) is 0 Å². The molecule has 76 heavy (non-hydrogen) atoms. The zero-order valence-electron chi connectivity index (χ0n) is 38.6. The van der Waals surface area contributed by atoms with Gasteiger partial charge in [0.15, 0.2) is 74.4 Å². The Bertz CT molecular complexity index is 2050. The second kappa shape index (κ2) is 24.9. The Morgan fingerprint density at radius 3 is 0.711 bits per heavy atom. The van der Waals surface area contributed by atoms with E-state index in [9.17, 15) is 126 Å². The number of hydrogen-bond acceptors (Lipinski definition) is 31. The third-order valence-corrected chi connectivity index (χ3v) is 12.7. The molecule has 6 aliphatic heterocycles. The minimum Gasteiger partial charge on any atom is -0.479 e. The monoisotopic (exact) mass is 1120 g/mol. The van der Waals surface area contributed by atoms with Crippen LogP contribution in [0.2, 0.25) is 0 Å². The van der Waals surface area contributed by atoms with Crippen LogP contribution in [0.4, 0.5) is 0 Å². The Morgan fingerprint density at radius 2 is 0.487 bits per heavy atom. The average molecular weight is 1120 g/mol. The molecule has 0 unspecified atom stereocenters. The van der Waals surface area contributed by atoms with Crippen LogP contribution in [-0.4, -0.2) is 324 Å². The van der Waals surface area contributed by atoms with Crippen LogP contribution < -0.4 is 0 Å². The molecule has 30 atom stereocenters. The van der Waals surface area contributed by atoms with Gasteiger partial charge >= 0.3 is 35.8 Å². The number of rotatable bonds is 19. The Morgan fingerprint density at radius 1 is 0.289 bits per heavy atom. The van der Waals surface area contributed by atoms with Gasteiger partial charge in [0.2, 0.25) is 0 Å². The number of aliphatic hydroxyl groups is 13. The molecule has 0 aromatic heterocycles. The van der Waals surface area contributed by atoms with E-state index < -0.39 is 220 Å². The normalized spacial score (nSPS) is 48.1. The Hall–Kier alpha value is -4.18. The summed E-state index contributed by atoms with van der Waals surface area (Å²) in [6.45, 7) is 1.59. The molecule has 19 N–H and O–H groups in total. The maximum Gasteiger partial charge on any atom is 0.335 e. The lowest BCUT2D eigenvalue weighted by molar-refractivity contribution is -0.386. The summed E-state index contributed by atoms with van der Waals surface area (Å²) < 4.78 is 62.7. The predicted molar refractivity (Wildman–Crippen MR) is 216 cm³/mol. The highest BCUT2D eigenvalue weighted by Crippen LogP contribution is 2.37. The van der Waals surface area contributed by atoms with Gasteiger partial charge in [-0.1, -0.05) is 6.92 Å². The van der Waals surface area contributed by atoms with Crippen molar-refractivity contribution < 1.29 is 183 Å². The molecule has 6 heterocycles. The van der Waals surface area contributed by atoms with Gasteiger partial charge in [-0.2, -0.15) is 0 Å². The molecule has 0 aliphatic carbocycles. The zero-order valence-corrected chi connectivity index (χ0v) is 38.6. The molecule has 0 amide bonds. The Kier molecular flexibility index (Phi) is 20.0. The highest BCUT2D eigenvalue weighted by atomic mass is 16.8. The summed E-state index contributed by atoms with van der Waals surface area (Å²) in [5.41, 5.74) is 0. The Labute approximate surface area is 422 Å². The van der Waals surface area contributed by atoms with Gasteiger partial charge in [0.25, 0.3) is 0 Å². The number of carbonyl (C=O) groups is 6. The van der Waals surface area contributed by atoms with Crippen LogP contribution in [0.5, 0.6) is 0 Å². The zero-order chi connectivity index (χ0) is 56.7. The highest BCUT2D eigenvalue weighted by molar-refractivity contribution is 5.76. The predicted octanol–water partition coefficient (Wildman–Crippen LogP) is -12.1. The van der Waals surface area contributed by atoms with Crippen molar-refractivity contribution in [3.63, 3.8) is 0 Å². The molecule has 0 aromatic carbocycles. The van der Waals surface area contributed by atoms with Gasteiger partial charge in [-0.05, 0) is 6.42 Å². The van der Waals surface area contributed by atoms with Crippen molar-refractivity contribution in [2.24, 2.45) is 0 Å². The molecule has 6 aliphatic rings. The number of ether oxygens (including phenoxy) is 12. The number of carboxylic acid groups (broad SMARTS) is 6. The quantitative estimate of drug-likeness (QED) is 0.0571. The largest absolute Gasteiger partial charge is 0.479 e. The van der Waals surface area contributed by atoms with Crippen molar-refractivity contribution in [3.05, 3.63) is 0 Å². The van der Waals surface area contributed by atoms with E-state index in [1.54, 1.807) is 6.92 Å². The molecule has 434 valence electrons. The second-order valence-electron chi connectivity index (χ2n) is 17.8. The van der Waals surface area contributed by atoms with Gasteiger partial charge in [0.1, 0.15) is 110 Å². The van der Waals surface area contributed by atoms with Gasteiger partial charge in [-0.25, -0.2) is 28.8 Å². The minimum absolute atomic E-state index is 0.0645. The molecule has 0 bridgehead atoms. The first-order valence-electron chi connectivity index (χ1n) is 22.6. The molecule has 0 saturated carbocycles. The van der Waals surface area contributed by atoms with E-state index in [-0.39, 0.29) is 6.61 Å². The second-order valence-corrected chi connectivity index (χ2v) is 17.8. The molecule has 6 rings (SSSR count). The molecule has 0 aromatic rings. The van der Waals surface area contributed by atoms with E-state index in [0.29, 0.717) is 6.42 Å². The average Bonchev–Trinajstić information content (AvgIpc) is 3.36. The fraction of sp³-hybridized carbons (Fsp3) is 0.846.